The predicted octanol–water partition coefficient (Wildman–Crippen LogP) is 1.07. The monoisotopic (exact) mass is 189 g/mol. The van der Waals surface area contributed by atoms with Gasteiger partial charge in [0.2, 0.25) is 0 Å². The van der Waals surface area contributed by atoms with Crippen LogP contribution in [0.15, 0.2) is 30.5 Å². The fraction of sp³-hybridized carbons (Fsp3) is 0.200. The molecule has 1 aromatic carbocycles. The minimum Gasteiger partial charge on any atom is -0.390 e. The summed E-state index contributed by atoms with van der Waals surface area (Å²) in [5.74, 6) is 0. The molecule has 1 N–H and O–H groups in total. The number of aliphatic hydroxyl groups is 1. The van der Waals surface area contributed by atoms with Gasteiger partial charge >= 0.3 is 0 Å². The molecule has 1 aromatic heterocycles. The van der Waals surface area contributed by atoms with Crippen LogP contribution in [0.5, 0.6) is 0 Å². The number of rotatable bonds is 2. The van der Waals surface area contributed by atoms with E-state index in [2.05, 4.69) is 10.3 Å². The molecule has 0 amide bonds. The zero-order valence-electron chi connectivity index (χ0n) is 7.88. The molecule has 4 nitrogen and oxygen atoms in total. The molecule has 0 spiro atoms. The lowest BCUT2D eigenvalue weighted by Crippen LogP contribution is -2.03. The SMILES string of the molecule is Cc1ccccc1-n1nncc1CO. The summed E-state index contributed by atoms with van der Waals surface area (Å²) in [6.07, 6.45) is 1.56. The molecular weight excluding hydrogens is 178 g/mol. The van der Waals surface area contributed by atoms with E-state index in [-0.39, 0.29) is 6.61 Å². The Hall–Kier alpha value is -1.68. The molecule has 0 aliphatic carbocycles. The van der Waals surface area contributed by atoms with Gasteiger partial charge in [0.1, 0.15) is 0 Å². The van der Waals surface area contributed by atoms with Gasteiger partial charge in [-0.3, -0.25) is 0 Å². The second kappa shape index (κ2) is 3.59. The number of aryl methyl sites for hydroxylation is 1. The number of aromatic nitrogens is 3. The van der Waals surface area contributed by atoms with Crippen LogP contribution in [0, 0.1) is 6.92 Å². The molecule has 14 heavy (non-hydrogen) atoms. The Morgan fingerprint density at radius 3 is 2.86 bits per heavy atom. The zero-order chi connectivity index (χ0) is 9.97. The van der Waals surface area contributed by atoms with Crippen molar-refractivity contribution >= 4 is 0 Å². The van der Waals surface area contributed by atoms with Crippen molar-refractivity contribution in [2.45, 2.75) is 13.5 Å². The van der Waals surface area contributed by atoms with Crippen LogP contribution in [0.4, 0.5) is 0 Å². The summed E-state index contributed by atoms with van der Waals surface area (Å²) in [6, 6.07) is 7.85. The second-order valence-electron chi connectivity index (χ2n) is 3.08. The molecule has 0 fully saturated rings. The number of hydrogen-bond donors (Lipinski definition) is 1. The zero-order valence-corrected chi connectivity index (χ0v) is 7.88. The third-order valence-corrected chi connectivity index (χ3v) is 2.13. The van der Waals surface area contributed by atoms with Gasteiger partial charge in [-0.25, -0.2) is 4.68 Å². The van der Waals surface area contributed by atoms with E-state index in [0.29, 0.717) is 5.69 Å². The molecule has 72 valence electrons. The van der Waals surface area contributed by atoms with E-state index >= 15 is 0 Å². The molecule has 0 saturated carbocycles. The van der Waals surface area contributed by atoms with Gasteiger partial charge in [0.25, 0.3) is 0 Å². The number of para-hydroxylation sites is 1. The second-order valence-corrected chi connectivity index (χ2v) is 3.08. The molecule has 4 heteroatoms. The summed E-state index contributed by atoms with van der Waals surface area (Å²) in [5, 5.41) is 16.7. The number of benzene rings is 1. The van der Waals surface area contributed by atoms with E-state index in [9.17, 15) is 0 Å². The largest absolute Gasteiger partial charge is 0.390 e. The van der Waals surface area contributed by atoms with Gasteiger partial charge < -0.3 is 5.11 Å². The first-order valence-corrected chi connectivity index (χ1v) is 4.39. The van der Waals surface area contributed by atoms with E-state index in [1.54, 1.807) is 10.9 Å². The van der Waals surface area contributed by atoms with Crippen molar-refractivity contribution in [3.8, 4) is 5.69 Å². The van der Waals surface area contributed by atoms with Crippen molar-refractivity contribution in [2.24, 2.45) is 0 Å². The molecule has 0 bridgehead atoms. The van der Waals surface area contributed by atoms with Gasteiger partial charge in [-0.15, -0.1) is 5.10 Å². The lowest BCUT2D eigenvalue weighted by Gasteiger charge is -2.06. The highest BCUT2D eigenvalue weighted by atomic mass is 16.3. The topological polar surface area (TPSA) is 50.9 Å². The fourth-order valence-corrected chi connectivity index (χ4v) is 1.37. The summed E-state index contributed by atoms with van der Waals surface area (Å²) in [7, 11) is 0. The van der Waals surface area contributed by atoms with Crippen LogP contribution in [-0.2, 0) is 6.61 Å². The standard InChI is InChI=1S/C10H11N3O/c1-8-4-2-3-5-10(8)13-9(7-14)6-11-12-13/h2-6,14H,7H2,1H3. The Labute approximate surface area is 81.8 Å². The predicted molar refractivity (Wildman–Crippen MR) is 52.0 cm³/mol. The molecule has 2 rings (SSSR count). The van der Waals surface area contributed by atoms with Gasteiger partial charge in [-0.05, 0) is 18.6 Å². The minimum atomic E-state index is -0.0542. The number of aliphatic hydroxyl groups excluding tert-OH is 1. The highest BCUT2D eigenvalue weighted by molar-refractivity contribution is 5.39. The van der Waals surface area contributed by atoms with E-state index < -0.39 is 0 Å². The Morgan fingerprint density at radius 1 is 1.36 bits per heavy atom. The van der Waals surface area contributed by atoms with E-state index in [4.69, 9.17) is 5.11 Å². The van der Waals surface area contributed by atoms with Gasteiger partial charge in [0.15, 0.2) is 0 Å². The van der Waals surface area contributed by atoms with Crippen molar-refractivity contribution in [1.29, 1.82) is 0 Å². The molecule has 0 unspecified atom stereocenters. The minimum absolute atomic E-state index is 0.0542. The molecule has 0 atom stereocenters. The summed E-state index contributed by atoms with van der Waals surface area (Å²) in [6.45, 7) is 1.94. The van der Waals surface area contributed by atoms with Crippen LogP contribution in [0.1, 0.15) is 11.3 Å². The van der Waals surface area contributed by atoms with Crippen LogP contribution in [-0.4, -0.2) is 20.1 Å². The van der Waals surface area contributed by atoms with Gasteiger partial charge in [0, 0.05) is 0 Å². The normalized spacial score (nSPS) is 10.4. The van der Waals surface area contributed by atoms with Crippen LogP contribution < -0.4 is 0 Å². The first-order valence-electron chi connectivity index (χ1n) is 4.39. The van der Waals surface area contributed by atoms with Crippen LogP contribution in [0.25, 0.3) is 5.69 Å². The fourth-order valence-electron chi connectivity index (χ4n) is 1.37. The van der Waals surface area contributed by atoms with Gasteiger partial charge in [-0.2, -0.15) is 0 Å². The lowest BCUT2D eigenvalue weighted by atomic mass is 10.2. The summed E-state index contributed by atoms with van der Waals surface area (Å²) >= 11 is 0. The van der Waals surface area contributed by atoms with Crippen LogP contribution in [0.2, 0.25) is 0 Å². The van der Waals surface area contributed by atoms with Gasteiger partial charge in [0.05, 0.1) is 24.2 Å². The van der Waals surface area contributed by atoms with E-state index in [1.807, 2.05) is 31.2 Å². The summed E-state index contributed by atoms with van der Waals surface area (Å²) in [4.78, 5) is 0. The maximum atomic E-state index is 9.06. The molecule has 2 aromatic rings. The Kier molecular flexibility index (Phi) is 2.28. The van der Waals surface area contributed by atoms with E-state index in [0.717, 1.165) is 11.3 Å². The quantitative estimate of drug-likeness (QED) is 0.768. The van der Waals surface area contributed by atoms with Crippen molar-refractivity contribution in [3.63, 3.8) is 0 Å². The first kappa shape index (κ1) is 8.90. The molecule has 0 aliphatic heterocycles. The Balaban J connectivity index is 2.54. The smallest absolute Gasteiger partial charge is 0.0900 e. The highest BCUT2D eigenvalue weighted by Gasteiger charge is 2.06. The summed E-state index contributed by atoms with van der Waals surface area (Å²) < 4.78 is 1.65. The van der Waals surface area contributed by atoms with Crippen molar-refractivity contribution < 1.29 is 5.11 Å². The highest BCUT2D eigenvalue weighted by Crippen LogP contribution is 2.13. The Morgan fingerprint density at radius 2 is 2.14 bits per heavy atom. The van der Waals surface area contributed by atoms with Crippen molar-refractivity contribution in [3.05, 3.63) is 41.7 Å². The molecule has 0 radical (unpaired) electrons. The van der Waals surface area contributed by atoms with Crippen molar-refractivity contribution in [1.82, 2.24) is 15.0 Å². The van der Waals surface area contributed by atoms with Crippen LogP contribution in [0.3, 0.4) is 0 Å². The molecule has 0 aliphatic rings. The maximum Gasteiger partial charge on any atom is 0.0900 e. The maximum absolute atomic E-state index is 9.06. The third kappa shape index (κ3) is 1.40. The van der Waals surface area contributed by atoms with Crippen molar-refractivity contribution in [2.75, 3.05) is 0 Å². The third-order valence-electron chi connectivity index (χ3n) is 2.13. The van der Waals surface area contributed by atoms with Crippen LogP contribution >= 0.6 is 0 Å². The average Bonchev–Trinajstić information content (AvgIpc) is 2.66. The number of nitrogens with zero attached hydrogens (tertiary/aromatic N) is 3. The Bertz CT molecular complexity index is 436. The average molecular weight is 189 g/mol. The molecular formula is C10H11N3O. The molecule has 1 heterocycles. The van der Waals surface area contributed by atoms with E-state index in [1.165, 1.54) is 0 Å². The van der Waals surface area contributed by atoms with Gasteiger partial charge in [-0.1, -0.05) is 23.4 Å². The first-order chi connectivity index (χ1) is 6.83. The number of hydrogen-bond acceptors (Lipinski definition) is 3. The summed E-state index contributed by atoms with van der Waals surface area (Å²) in [5.41, 5.74) is 2.75. The lowest BCUT2D eigenvalue weighted by molar-refractivity contribution is 0.273. The molecule has 0 saturated heterocycles.